The quantitative estimate of drug-likeness (QED) is 0.775. The predicted molar refractivity (Wildman–Crippen MR) is 62.9 cm³/mol. The molecule has 3 rings (SSSR count). The molecule has 16 heavy (non-hydrogen) atoms. The fraction of sp³-hybridized carbons (Fsp3) is 0.571. The fourth-order valence-corrected chi connectivity index (χ4v) is 3.21. The van der Waals surface area contributed by atoms with Gasteiger partial charge in [-0.05, 0) is 49.7 Å². The molecule has 2 bridgehead atoms. The van der Waals surface area contributed by atoms with Gasteiger partial charge in [0.15, 0.2) is 11.5 Å². The maximum Gasteiger partial charge on any atom is 0.161 e. The van der Waals surface area contributed by atoms with Crippen molar-refractivity contribution in [3.05, 3.63) is 24.3 Å². The second-order valence-electron chi connectivity index (χ2n) is 4.98. The first-order valence-electron chi connectivity index (χ1n) is 6.16. The summed E-state index contributed by atoms with van der Waals surface area (Å²) in [4.78, 5) is 0. The SMILES string of the molecule is COc1ccccc1O[C@@H]1C[C@@H]2CC[C@@H]1C2. The van der Waals surface area contributed by atoms with Crippen LogP contribution in [0.15, 0.2) is 24.3 Å². The largest absolute Gasteiger partial charge is 0.493 e. The van der Waals surface area contributed by atoms with Crippen LogP contribution in [0, 0.1) is 11.8 Å². The molecule has 2 fully saturated rings. The van der Waals surface area contributed by atoms with E-state index in [0.717, 1.165) is 23.3 Å². The summed E-state index contributed by atoms with van der Waals surface area (Å²) in [6, 6.07) is 7.95. The van der Waals surface area contributed by atoms with Crippen molar-refractivity contribution in [3.63, 3.8) is 0 Å². The third-order valence-corrected chi connectivity index (χ3v) is 4.02. The van der Waals surface area contributed by atoms with E-state index in [4.69, 9.17) is 9.47 Å². The Morgan fingerprint density at radius 3 is 2.50 bits per heavy atom. The van der Waals surface area contributed by atoms with Gasteiger partial charge >= 0.3 is 0 Å². The van der Waals surface area contributed by atoms with Crippen LogP contribution in [-0.2, 0) is 0 Å². The first-order valence-corrected chi connectivity index (χ1v) is 6.16. The summed E-state index contributed by atoms with van der Waals surface area (Å²) in [6.07, 6.45) is 5.80. The lowest BCUT2D eigenvalue weighted by molar-refractivity contribution is 0.133. The van der Waals surface area contributed by atoms with Gasteiger partial charge in [0.05, 0.1) is 7.11 Å². The molecule has 0 heterocycles. The maximum atomic E-state index is 6.11. The zero-order valence-corrected chi connectivity index (χ0v) is 9.69. The number of methoxy groups -OCH3 is 1. The smallest absolute Gasteiger partial charge is 0.161 e. The van der Waals surface area contributed by atoms with Crippen LogP contribution in [0.4, 0.5) is 0 Å². The highest BCUT2D eigenvalue weighted by Crippen LogP contribution is 2.46. The first-order chi connectivity index (χ1) is 7.86. The number of fused-ring (bicyclic) bond motifs is 2. The Hall–Kier alpha value is -1.18. The molecule has 0 N–H and O–H groups in total. The number of ether oxygens (including phenoxy) is 2. The molecule has 1 aromatic carbocycles. The van der Waals surface area contributed by atoms with Gasteiger partial charge in [-0.1, -0.05) is 12.1 Å². The van der Waals surface area contributed by atoms with Crippen LogP contribution in [0.5, 0.6) is 11.5 Å². The average molecular weight is 218 g/mol. The number of hydrogen-bond acceptors (Lipinski definition) is 2. The predicted octanol–water partition coefficient (Wildman–Crippen LogP) is 3.26. The minimum absolute atomic E-state index is 0.426. The minimum atomic E-state index is 0.426. The van der Waals surface area contributed by atoms with Crippen molar-refractivity contribution >= 4 is 0 Å². The highest BCUT2D eigenvalue weighted by atomic mass is 16.5. The molecule has 2 aliphatic rings. The molecule has 1 aromatic rings. The van der Waals surface area contributed by atoms with Crippen LogP contribution in [0.3, 0.4) is 0 Å². The molecule has 0 spiro atoms. The van der Waals surface area contributed by atoms with Crippen LogP contribution >= 0.6 is 0 Å². The van der Waals surface area contributed by atoms with Crippen molar-refractivity contribution in [1.29, 1.82) is 0 Å². The van der Waals surface area contributed by atoms with Gasteiger partial charge in [-0.25, -0.2) is 0 Å². The molecule has 0 aliphatic heterocycles. The molecule has 0 saturated heterocycles. The van der Waals surface area contributed by atoms with Gasteiger partial charge in [0.2, 0.25) is 0 Å². The Morgan fingerprint density at radius 1 is 1.06 bits per heavy atom. The third-order valence-electron chi connectivity index (χ3n) is 4.02. The average Bonchev–Trinajstić information content (AvgIpc) is 2.92. The van der Waals surface area contributed by atoms with Crippen molar-refractivity contribution in [3.8, 4) is 11.5 Å². The highest BCUT2D eigenvalue weighted by molar-refractivity contribution is 5.39. The van der Waals surface area contributed by atoms with Crippen molar-refractivity contribution in [2.24, 2.45) is 11.8 Å². The van der Waals surface area contributed by atoms with Crippen LogP contribution in [0.1, 0.15) is 25.7 Å². The standard InChI is InChI=1S/C14H18O2/c1-15-12-4-2-3-5-13(12)16-14-9-10-6-7-11(14)8-10/h2-5,10-11,14H,6-9H2,1H3/t10-,11-,14-/m1/s1. The van der Waals surface area contributed by atoms with Crippen molar-refractivity contribution in [1.82, 2.24) is 0 Å². The number of rotatable bonds is 3. The third kappa shape index (κ3) is 1.66. The van der Waals surface area contributed by atoms with Gasteiger partial charge in [-0.15, -0.1) is 0 Å². The number of hydrogen-bond donors (Lipinski definition) is 0. The molecular weight excluding hydrogens is 200 g/mol. The highest BCUT2D eigenvalue weighted by Gasteiger charge is 2.41. The molecule has 2 aliphatic carbocycles. The Balaban J connectivity index is 1.74. The molecule has 0 unspecified atom stereocenters. The summed E-state index contributed by atoms with van der Waals surface area (Å²) < 4.78 is 11.4. The molecule has 0 amide bonds. The zero-order valence-electron chi connectivity index (χ0n) is 9.69. The second kappa shape index (κ2) is 4.00. The van der Waals surface area contributed by atoms with Crippen LogP contribution < -0.4 is 9.47 Å². The Morgan fingerprint density at radius 2 is 1.88 bits per heavy atom. The fourth-order valence-electron chi connectivity index (χ4n) is 3.21. The summed E-state index contributed by atoms with van der Waals surface area (Å²) in [7, 11) is 1.70. The molecule has 2 heteroatoms. The van der Waals surface area contributed by atoms with Gasteiger partial charge in [-0.3, -0.25) is 0 Å². The van der Waals surface area contributed by atoms with E-state index in [1.165, 1.54) is 25.7 Å². The summed E-state index contributed by atoms with van der Waals surface area (Å²) >= 11 is 0. The van der Waals surface area contributed by atoms with Gasteiger partial charge in [-0.2, -0.15) is 0 Å². The van der Waals surface area contributed by atoms with E-state index in [1.807, 2.05) is 24.3 Å². The topological polar surface area (TPSA) is 18.5 Å². The molecule has 0 aromatic heterocycles. The molecule has 2 nitrogen and oxygen atoms in total. The molecule has 0 radical (unpaired) electrons. The van der Waals surface area contributed by atoms with E-state index < -0.39 is 0 Å². The number of benzene rings is 1. The monoisotopic (exact) mass is 218 g/mol. The molecule has 2 saturated carbocycles. The lowest BCUT2D eigenvalue weighted by Crippen LogP contribution is -2.23. The first kappa shape index (κ1) is 10.0. The van der Waals surface area contributed by atoms with Gasteiger partial charge in [0.25, 0.3) is 0 Å². The van der Waals surface area contributed by atoms with E-state index in [2.05, 4.69) is 0 Å². The van der Waals surface area contributed by atoms with Crippen LogP contribution in [0.25, 0.3) is 0 Å². The summed E-state index contributed by atoms with van der Waals surface area (Å²) in [5, 5.41) is 0. The minimum Gasteiger partial charge on any atom is -0.493 e. The van der Waals surface area contributed by atoms with Gasteiger partial charge < -0.3 is 9.47 Å². The number of para-hydroxylation sites is 2. The van der Waals surface area contributed by atoms with Crippen molar-refractivity contribution in [2.75, 3.05) is 7.11 Å². The van der Waals surface area contributed by atoms with Gasteiger partial charge in [0, 0.05) is 0 Å². The summed E-state index contributed by atoms with van der Waals surface area (Å²) in [6.45, 7) is 0. The zero-order chi connectivity index (χ0) is 11.0. The van der Waals surface area contributed by atoms with Crippen molar-refractivity contribution in [2.45, 2.75) is 31.8 Å². The Kier molecular flexibility index (Phi) is 2.50. The normalized spacial score (nSPS) is 31.7. The van der Waals surface area contributed by atoms with E-state index in [-0.39, 0.29) is 0 Å². The van der Waals surface area contributed by atoms with Crippen molar-refractivity contribution < 1.29 is 9.47 Å². The van der Waals surface area contributed by atoms with E-state index in [0.29, 0.717) is 6.10 Å². The Bertz CT molecular complexity index is 375. The lowest BCUT2D eigenvalue weighted by Gasteiger charge is -2.23. The lowest BCUT2D eigenvalue weighted by atomic mass is 9.98. The molecular formula is C14H18O2. The second-order valence-corrected chi connectivity index (χ2v) is 4.98. The summed E-state index contributed by atoms with van der Waals surface area (Å²) in [5.74, 6) is 3.47. The molecule has 86 valence electrons. The summed E-state index contributed by atoms with van der Waals surface area (Å²) in [5.41, 5.74) is 0. The van der Waals surface area contributed by atoms with Gasteiger partial charge in [0.1, 0.15) is 6.10 Å². The Labute approximate surface area is 96.6 Å². The van der Waals surface area contributed by atoms with Crippen LogP contribution in [0.2, 0.25) is 0 Å². The van der Waals surface area contributed by atoms with E-state index in [9.17, 15) is 0 Å². The molecule has 3 atom stereocenters. The van der Waals surface area contributed by atoms with Crippen LogP contribution in [-0.4, -0.2) is 13.2 Å². The maximum absolute atomic E-state index is 6.11. The van der Waals surface area contributed by atoms with E-state index in [1.54, 1.807) is 7.11 Å². The van der Waals surface area contributed by atoms with E-state index >= 15 is 0 Å².